The van der Waals surface area contributed by atoms with Gasteiger partial charge in [-0.15, -0.1) is 11.8 Å². The minimum absolute atomic E-state index is 0.261. The Balaban J connectivity index is 1.53. The highest BCUT2D eigenvalue weighted by atomic mass is 32.2. The Bertz CT molecular complexity index is 1390. The summed E-state index contributed by atoms with van der Waals surface area (Å²) >= 11 is 1.70. The number of carbonyl (C=O) groups is 3. The maximum absolute atomic E-state index is 13.6. The van der Waals surface area contributed by atoms with E-state index in [1.807, 2.05) is 36.4 Å². The number of hydrogen-bond donors (Lipinski definition) is 4. The Kier molecular flexibility index (Phi) is 10.6. The minimum Gasteiger partial charge on any atom is -0.479 e. The quantitative estimate of drug-likeness (QED) is 0.204. The molecular formula is C32H35N3O5S. The van der Waals surface area contributed by atoms with Gasteiger partial charge in [0.2, 0.25) is 0 Å². The third-order valence-corrected chi connectivity index (χ3v) is 7.66. The van der Waals surface area contributed by atoms with Crippen molar-refractivity contribution in [2.45, 2.75) is 50.2 Å². The number of aliphatic carboxylic acids is 1. The largest absolute Gasteiger partial charge is 0.479 e. The second kappa shape index (κ2) is 14.5. The number of hydrogen-bond acceptors (Lipinski definition) is 5. The Hall–Kier alpha value is -4.08. The Labute approximate surface area is 244 Å². The highest BCUT2D eigenvalue weighted by Gasteiger charge is 2.19. The van der Waals surface area contributed by atoms with Crippen molar-refractivity contribution < 1.29 is 24.6 Å². The van der Waals surface area contributed by atoms with Crippen LogP contribution in [0.4, 0.5) is 16.2 Å². The molecule has 3 aromatic carbocycles. The number of benzene rings is 3. The van der Waals surface area contributed by atoms with Gasteiger partial charge in [-0.2, -0.15) is 0 Å². The van der Waals surface area contributed by atoms with Gasteiger partial charge in [-0.1, -0.05) is 43.3 Å². The fourth-order valence-corrected chi connectivity index (χ4v) is 5.30. The number of nitrogens with one attached hydrogen (secondary N) is 2. The zero-order chi connectivity index (χ0) is 29.2. The van der Waals surface area contributed by atoms with E-state index in [0.717, 1.165) is 34.7 Å². The zero-order valence-corrected chi connectivity index (χ0v) is 23.8. The van der Waals surface area contributed by atoms with Crippen LogP contribution in [0.15, 0.2) is 83.8 Å². The molecule has 0 spiro atoms. The van der Waals surface area contributed by atoms with Crippen molar-refractivity contribution in [1.82, 2.24) is 5.32 Å². The third-order valence-electron chi connectivity index (χ3n) is 6.78. The fourth-order valence-electron chi connectivity index (χ4n) is 4.58. The summed E-state index contributed by atoms with van der Waals surface area (Å²) < 4.78 is 0. The first-order valence-corrected chi connectivity index (χ1v) is 14.7. The first-order valence-electron chi connectivity index (χ1n) is 13.7. The lowest BCUT2D eigenvalue weighted by Gasteiger charge is -2.24. The van der Waals surface area contributed by atoms with Gasteiger partial charge in [0.25, 0.3) is 5.91 Å². The fraction of sp³-hybridized carbons (Fsp3) is 0.281. The number of allylic oxidation sites excluding steroid dienone is 2. The van der Waals surface area contributed by atoms with Gasteiger partial charge in [0, 0.05) is 21.8 Å². The molecule has 8 nitrogen and oxygen atoms in total. The second-order valence-corrected chi connectivity index (χ2v) is 11.1. The number of carboxylic acid groups (broad SMARTS) is 1. The lowest BCUT2D eigenvalue weighted by molar-refractivity contribution is -0.146. The van der Waals surface area contributed by atoms with Crippen LogP contribution < -0.4 is 15.5 Å². The topological polar surface area (TPSA) is 119 Å². The number of urea groups is 1. The third kappa shape index (κ3) is 8.45. The maximum atomic E-state index is 13.6. The standard InChI is InChI=1S/C32H35N3O5S/c1-2-41-28-10-6-9-26(19-28)34-32(40)35(27-17-15-24(16-18-27)23-7-4-3-5-8-23)21-22-11-13-25(14-12-22)30(37)33-20-29(36)31(38)39/h6-7,9-19,29,36H,2-5,8,20-21H2,1H3,(H,33,37)(H,34,40)(H,38,39)/t29-/m1/s1. The van der Waals surface area contributed by atoms with Crippen molar-refractivity contribution in [3.8, 4) is 0 Å². The van der Waals surface area contributed by atoms with Crippen LogP contribution in [0.1, 0.15) is 54.1 Å². The molecule has 0 radical (unpaired) electrons. The molecule has 0 fully saturated rings. The van der Waals surface area contributed by atoms with Crippen LogP contribution in [0.5, 0.6) is 0 Å². The number of thioether (sulfide) groups is 1. The van der Waals surface area contributed by atoms with Gasteiger partial charge in [-0.25, -0.2) is 9.59 Å². The molecule has 4 N–H and O–H groups in total. The molecular weight excluding hydrogens is 538 g/mol. The summed E-state index contributed by atoms with van der Waals surface area (Å²) in [4.78, 5) is 39.5. The summed E-state index contributed by atoms with van der Waals surface area (Å²) in [6, 6.07) is 22.2. The molecule has 9 heteroatoms. The van der Waals surface area contributed by atoms with Crippen molar-refractivity contribution in [3.05, 3.63) is 95.6 Å². The summed E-state index contributed by atoms with van der Waals surface area (Å²) in [6.07, 6.45) is 5.18. The van der Waals surface area contributed by atoms with Gasteiger partial charge in [0.15, 0.2) is 6.10 Å². The van der Waals surface area contributed by atoms with Crippen LogP contribution in [0.25, 0.3) is 5.57 Å². The molecule has 3 aromatic rings. The molecule has 214 valence electrons. The smallest absolute Gasteiger partial charge is 0.334 e. The molecule has 0 saturated heterocycles. The van der Waals surface area contributed by atoms with E-state index in [1.165, 1.54) is 24.0 Å². The maximum Gasteiger partial charge on any atom is 0.334 e. The van der Waals surface area contributed by atoms with Crippen LogP contribution in [0.2, 0.25) is 0 Å². The van der Waals surface area contributed by atoms with Crippen LogP contribution in [0.3, 0.4) is 0 Å². The molecule has 0 heterocycles. The Morgan fingerprint density at radius 1 is 1.00 bits per heavy atom. The molecule has 0 unspecified atom stereocenters. The SMILES string of the molecule is CCSc1cccc(NC(=O)N(Cc2ccc(C(=O)NC[C@@H](O)C(=O)O)cc2)c2ccc(C3=CCCCC3)cc2)c1. The molecule has 0 aliphatic heterocycles. The van der Waals surface area contributed by atoms with E-state index in [1.54, 1.807) is 40.9 Å². The number of carbonyl (C=O) groups excluding carboxylic acids is 2. The summed E-state index contributed by atoms with van der Waals surface area (Å²) in [7, 11) is 0. The summed E-state index contributed by atoms with van der Waals surface area (Å²) in [5, 5.41) is 23.6. The molecule has 0 bridgehead atoms. The Morgan fingerprint density at radius 2 is 1.76 bits per heavy atom. The predicted molar refractivity (Wildman–Crippen MR) is 163 cm³/mol. The highest BCUT2D eigenvalue weighted by molar-refractivity contribution is 7.99. The van der Waals surface area contributed by atoms with Crippen molar-refractivity contribution in [1.29, 1.82) is 0 Å². The van der Waals surface area contributed by atoms with E-state index in [2.05, 4.69) is 35.8 Å². The van der Waals surface area contributed by atoms with Gasteiger partial charge < -0.3 is 20.8 Å². The highest BCUT2D eigenvalue weighted by Crippen LogP contribution is 2.29. The number of rotatable bonds is 11. The van der Waals surface area contributed by atoms with Crippen LogP contribution in [0, 0.1) is 0 Å². The van der Waals surface area contributed by atoms with E-state index in [0.29, 0.717) is 11.3 Å². The van der Waals surface area contributed by atoms with Crippen molar-refractivity contribution >= 4 is 46.6 Å². The lowest BCUT2D eigenvalue weighted by Crippen LogP contribution is -2.36. The number of amides is 3. The predicted octanol–water partition coefficient (Wildman–Crippen LogP) is 6.17. The van der Waals surface area contributed by atoms with Crippen LogP contribution in [-0.4, -0.2) is 46.5 Å². The molecule has 4 rings (SSSR count). The van der Waals surface area contributed by atoms with Gasteiger partial charge in [-0.3, -0.25) is 9.69 Å². The number of nitrogens with zero attached hydrogens (tertiary/aromatic N) is 1. The molecule has 41 heavy (non-hydrogen) atoms. The van der Waals surface area contributed by atoms with Gasteiger partial charge in [0.1, 0.15) is 0 Å². The molecule has 1 atom stereocenters. The zero-order valence-electron chi connectivity index (χ0n) is 23.0. The lowest BCUT2D eigenvalue weighted by atomic mass is 9.93. The average Bonchev–Trinajstić information content (AvgIpc) is 2.99. The van der Waals surface area contributed by atoms with E-state index < -0.39 is 24.5 Å². The molecule has 1 aliphatic carbocycles. The number of carboxylic acids is 1. The summed E-state index contributed by atoms with van der Waals surface area (Å²) in [6.45, 7) is 1.95. The minimum atomic E-state index is -1.67. The summed E-state index contributed by atoms with van der Waals surface area (Å²) in [5.41, 5.74) is 5.08. The van der Waals surface area contributed by atoms with Crippen LogP contribution >= 0.6 is 11.8 Å². The van der Waals surface area contributed by atoms with Crippen molar-refractivity contribution in [3.63, 3.8) is 0 Å². The monoisotopic (exact) mass is 573 g/mol. The van der Waals surface area contributed by atoms with E-state index in [-0.39, 0.29) is 12.6 Å². The van der Waals surface area contributed by atoms with Crippen molar-refractivity contribution in [2.75, 3.05) is 22.5 Å². The van der Waals surface area contributed by atoms with Crippen molar-refractivity contribution in [2.24, 2.45) is 0 Å². The average molecular weight is 574 g/mol. The first-order chi connectivity index (χ1) is 19.8. The second-order valence-electron chi connectivity index (χ2n) is 9.76. The van der Waals surface area contributed by atoms with Gasteiger partial charge in [0.05, 0.1) is 13.1 Å². The molecule has 3 amide bonds. The first kappa shape index (κ1) is 29.9. The molecule has 0 aromatic heterocycles. The molecule has 1 aliphatic rings. The number of aliphatic hydroxyl groups excluding tert-OH is 1. The van der Waals surface area contributed by atoms with E-state index >= 15 is 0 Å². The molecule has 0 saturated carbocycles. The van der Waals surface area contributed by atoms with Crippen LogP contribution in [-0.2, 0) is 11.3 Å². The van der Waals surface area contributed by atoms with Gasteiger partial charge in [-0.05, 0) is 90.6 Å². The summed E-state index contributed by atoms with van der Waals surface area (Å²) in [5.74, 6) is -0.970. The Morgan fingerprint density at radius 3 is 2.41 bits per heavy atom. The number of aliphatic hydroxyl groups is 1. The number of anilines is 2. The van der Waals surface area contributed by atoms with Gasteiger partial charge >= 0.3 is 12.0 Å². The van der Waals surface area contributed by atoms with E-state index in [4.69, 9.17) is 5.11 Å². The normalized spacial score (nSPS) is 13.6. The van der Waals surface area contributed by atoms with E-state index in [9.17, 15) is 19.5 Å².